The van der Waals surface area contributed by atoms with Crippen LogP contribution in [-0.4, -0.2) is 24.0 Å². The lowest BCUT2D eigenvalue weighted by Gasteiger charge is -2.14. The van der Waals surface area contributed by atoms with E-state index in [9.17, 15) is 0 Å². The number of rotatable bonds is 6. The SMILES string of the molecule is CNCc1ccc(CN(C)Cc2ccc(C)o2)nc1. The van der Waals surface area contributed by atoms with Gasteiger partial charge in [-0.1, -0.05) is 6.07 Å². The molecule has 0 aliphatic rings. The van der Waals surface area contributed by atoms with Gasteiger partial charge in [-0.25, -0.2) is 0 Å². The third kappa shape index (κ3) is 4.19. The molecule has 4 nitrogen and oxygen atoms in total. The summed E-state index contributed by atoms with van der Waals surface area (Å²) in [7, 11) is 4.01. The van der Waals surface area contributed by atoms with E-state index in [0.717, 1.165) is 36.8 Å². The van der Waals surface area contributed by atoms with E-state index in [4.69, 9.17) is 4.42 Å². The van der Waals surface area contributed by atoms with Crippen LogP contribution in [0.4, 0.5) is 0 Å². The highest BCUT2D eigenvalue weighted by molar-refractivity contribution is 5.14. The maximum atomic E-state index is 5.57. The molecule has 0 fully saturated rings. The second-order valence-corrected chi connectivity index (χ2v) is 4.87. The molecule has 0 aliphatic carbocycles. The normalized spacial score (nSPS) is 11.2. The molecule has 0 aromatic carbocycles. The Morgan fingerprint density at radius 3 is 2.63 bits per heavy atom. The highest BCUT2D eigenvalue weighted by Gasteiger charge is 2.05. The number of nitrogens with one attached hydrogen (secondary N) is 1. The Labute approximate surface area is 114 Å². The number of nitrogens with zero attached hydrogens (tertiary/aromatic N) is 2. The van der Waals surface area contributed by atoms with E-state index in [0.29, 0.717) is 0 Å². The standard InChI is InChI=1S/C15H21N3O/c1-12-4-7-15(19-12)11-18(3)10-14-6-5-13(8-16-2)9-17-14/h4-7,9,16H,8,10-11H2,1-3H3. The Balaban J connectivity index is 1.89. The molecule has 0 saturated carbocycles. The number of aryl methyl sites for hydroxylation is 1. The zero-order chi connectivity index (χ0) is 13.7. The smallest absolute Gasteiger partial charge is 0.118 e. The van der Waals surface area contributed by atoms with Crippen molar-refractivity contribution < 1.29 is 4.42 Å². The summed E-state index contributed by atoms with van der Waals surface area (Å²) in [6.45, 7) is 4.44. The van der Waals surface area contributed by atoms with Crippen LogP contribution in [0.25, 0.3) is 0 Å². The van der Waals surface area contributed by atoms with Crippen LogP contribution in [0.2, 0.25) is 0 Å². The van der Waals surface area contributed by atoms with Gasteiger partial charge in [0.05, 0.1) is 12.2 Å². The molecule has 2 aromatic rings. The Hall–Kier alpha value is -1.65. The minimum atomic E-state index is 0.799. The van der Waals surface area contributed by atoms with Crippen LogP contribution >= 0.6 is 0 Å². The van der Waals surface area contributed by atoms with Gasteiger partial charge in [-0.15, -0.1) is 0 Å². The van der Waals surface area contributed by atoms with Gasteiger partial charge < -0.3 is 9.73 Å². The van der Waals surface area contributed by atoms with E-state index in [1.807, 2.05) is 32.3 Å². The Kier molecular flexibility index (Phi) is 4.71. The summed E-state index contributed by atoms with van der Waals surface area (Å²) in [6, 6.07) is 8.21. The van der Waals surface area contributed by atoms with Gasteiger partial charge in [0.1, 0.15) is 11.5 Å². The molecule has 0 spiro atoms. The van der Waals surface area contributed by atoms with E-state index < -0.39 is 0 Å². The lowest BCUT2D eigenvalue weighted by Crippen LogP contribution is -2.17. The summed E-state index contributed by atoms with van der Waals surface area (Å²) < 4.78 is 5.57. The molecule has 0 saturated heterocycles. The van der Waals surface area contributed by atoms with Crippen LogP contribution in [-0.2, 0) is 19.6 Å². The molecular weight excluding hydrogens is 238 g/mol. The first-order valence-corrected chi connectivity index (χ1v) is 6.49. The number of aromatic nitrogens is 1. The van der Waals surface area contributed by atoms with Gasteiger partial charge in [-0.05, 0) is 44.8 Å². The molecule has 2 rings (SSSR count). The quantitative estimate of drug-likeness (QED) is 0.864. The van der Waals surface area contributed by atoms with Crippen molar-refractivity contribution in [2.75, 3.05) is 14.1 Å². The number of pyridine rings is 1. The first-order chi connectivity index (χ1) is 9.17. The summed E-state index contributed by atoms with van der Waals surface area (Å²) >= 11 is 0. The third-order valence-electron chi connectivity index (χ3n) is 2.92. The van der Waals surface area contributed by atoms with E-state index >= 15 is 0 Å². The van der Waals surface area contributed by atoms with E-state index in [-0.39, 0.29) is 0 Å². The second-order valence-electron chi connectivity index (χ2n) is 4.87. The van der Waals surface area contributed by atoms with Gasteiger partial charge >= 0.3 is 0 Å². The summed E-state index contributed by atoms with van der Waals surface area (Å²) in [5.74, 6) is 1.95. The average molecular weight is 259 g/mol. The number of furan rings is 1. The molecular formula is C15H21N3O. The summed E-state index contributed by atoms with van der Waals surface area (Å²) in [4.78, 5) is 6.66. The average Bonchev–Trinajstić information content (AvgIpc) is 2.77. The molecule has 0 atom stereocenters. The Bertz CT molecular complexity index is 504. The van der Waals surface area contributed by atoms with E-state index in [1.54, 1.807) is 0 Å². The minimum absolute atomic E-state index is 0.799. The fraction of sp³-hybridized carbons (Fsp3) is 0.400. The predicted molar refractivity (Wildman–Crippen MR) is 75.6 cm³/mol. The van der Waals surface area contributed by atoms with Gasteiger partial charge in [-0.2, -0.15) is 0 Å². The van der Waals surface area contributed by atoms with Crippen LogP contribution < -0.4 is 5.32 Å². The summed E-state index contributed by atoms with van der Waals surface area (Å²) in [5, 5.41) is 3.12. The lowest BCUT2D eigenvalue weighted by molar-refractivity contribution is 0.282. The third-order valence-corrected chi connectivity index (χ3v) is 2.92. The number of hydrogen-bond donors (Lipinski definition) is 1. The van der Waals surface area contributed by atoms with Crippen molar-refractivity contribution in [2.24, 2.45) is 0 Å². The fourth-order valence-electron chi connectivity index (χ4n) is 2.03. The van der Waals surface area contributed by atoms with Crippen molar-refractivity contribution in [3.05, 3.63) is 53.2 Å². The molecule has 0 amide bonds. The lowest BCUT2D eigenvalue weighted by atomic mass is 10.2. The molecule has 4 heteroatoms. The monoisotopic (exact) mass is 259 g/mol. The molecule has 0 radical (unpaired) electrons. The predicted octanol–water partition coefficient (Wildman–Crippen LogP) is 2.33. The van der Waals surface area contributed by atoms with Crippen molar-refractivity contribution in [2.45, 2.75) is 26.6 Å². The van der Waals surface area contributed by atoms with Gasteiger partial charge in [-0.3, -0.25) is 9.88 Å². The van der Waals surface area contributed by atoms with Crippen LogP contribution in [0.5, 0.6) is 0 Å². The van der Waals surface area contributed by atoms with E-state index in [2.05, 4.69) is 34.4 Å². The molecule has 2 heterocycles. The largest absolute Gasteiger partial charge is 0.465 e. The van der Waals surface area contributed by atoms with Crippen molar-refractivity contribution in [3.8, 4) is 0 Å². The van der Waals surface area contributed by atoms with Gasteiger partial charge in [0.2, 0.25) is 0 Å². The van der Waals surface area contributed by atoms with Crippen molar-refractivity contribution in [3.63, 3.8) is 0 Å². The van der Waals surface area contributed by atoms with E-state index in [1.165, 1.54) is 5.56 Å². The van der Waals surface area contributed by atoms with Crippen LogP contribution in [0.15, 0.2) is 34.9 Å². The molecule has 2 aromatic heterocycles. The Morgan fingerprint density at radius 2 is 2.05 bits per heavy atom. The maximum absolute atomic E-state index is 5.57. The van der Waals surface area contributed by atoms with Crippen LogP contribution in [0.1, 0.15) is 22.8 Å². The topological polar surface area (TPSA) is 41.3 Å². The Morgan fingerprint density at radius 1 is 1.21 bits per heavy atom. The number of hydrogen-bond acceptors (Lipinski definition) is 4. The second kappa shape index (κ2) is 6.50. The molecule has 0 aliphatic heterocycles. The molecule has 0 bridgehead atoms. The molecule has 0 unspecified atom stereocenters. The zero-order valence-corrected chi connectivity index (χ0v) is 11.8. The highest BCUT2D eigenvalue weighted by atomic mass is 16.3. The highest BCUT2D eigenvalue weighted by Crippen LogP contribution is 2.10. The summed E-state index contributed by atoms with van der Waals surface area (Å²) in [6.07, 6.45) is 1.93. The zero-order valence-electron chi connectivity index (χ0n) is 11.8. The van der Waals surface area contributed by atoms with Crippen LogP contribution in [0.3, 0.4) is 0 Å². The molecule has 19 heavy (non-hydrogen) atoms. The maximum Gasteiger partial charge on any atom is 0.118 e. The van der Waals surface area contributed by atoms with Crippen molar-refractivity contribution in [1.29, 1.82) is 0 Å². The van der Waals surface area contributed by atoms with Gasteiger partial charge in [0.25, 0.3) is 0 Å². The summed E-state index contributed by atoms with van der Waals surface area (Å²) in [5.41, 5.74) is 2.28. The van der Waals surface area contributed by atoms with Crippen molar-refractivity contribution in [1.82, 2.24) is 15.2 Å². The van der Waals surface area contributed by atoms with Gasteiger partial charge in [0.15, 0.2) is 0 Å². The van der Waals surface area contributed by atoms with Gasteiger partial charge in [0, 0.05) is 19.3 Å². The minimum Gasteiger partial charge on any atom is -0.465 e. The van der Waals surface area contributed by atoms with Crippen molar-refractivity contribution >= 4 is 0 Å². The molecule has 102 valence electrons. The molecule has 1 N–H and O–H groups in total. The first-order valence-electron chi connectivity index (χ1n) is 6.49. The fourth-order valence-corrected chi connectivity index (χ4v) is 2.03. The van der Waals surface area contributed by atoms with Crippen LogP contribution in [0, 0.1) is 6.92 Å². The first kappa shape index (κ1) is 13.8.